The van der Waals surface area contributed by atoms with Crippen LogP contribution in [0.3, 0.4) is 0 Å². The van der Waals surface area contributed by atoms with Crippen LogP contribution in [0.15, 0.2) is 54.7 Å². The number of benzene rings is 2. The van der Waals surface area contributed by atoms with Gasteiger partial charge in [0.2, 0.25) is 0 Å². The molecule has 0 bridgehead atoms. The fourth-order valence-corrected chi connectivity index (χ4v) is 2.12. The number of nitrogens with one attached hydrogen (secondary N) is 1. The lowest BCUT2D eigenvalue weighted by Crippen LogP contribution is -2.03. The van der Waals surface area contributed by atoms with Gasteiger partial charge < -0.3 is 5.32 Å². The molecule has 0 atom stereocenters. The molecule has 2 aromatic carbocycles. The van der Waals surface area contributed by atoms with E-state index >= 15 is 0 Å². The second-order valence-electron chi connectivity index (χ2n) is 4.56. The molecule has 0 saturated carbocycles. The quantitative estimate of drug-likeness (QED) is 0.586. The lowest BCUT2D eigenvalue weighted by molar-refractivity contribution is -0.384. The lowest BCUT2D eigenvalue weighted by atomic mass is 10.1. The average Bonchev–Trinajstić information content (AvgIpc) is 2.53. The molecule has 1 aromatic heterocycles. The third kappa shape index (κ3) is 2.79. The summed E-state index contributed by atoms with van der Waals surface area (Å²) in [6.45, 7) is 0.449. The zero-order valence-electron chi connectivity index (χ0n) is 11.1. The zero-order chi connectivity index (χ0) is 14.7. The predicted molar refractivity (Wildman–Crippen MR) is 80.0 cm³/mol. The monoisotopic (exact) mass is 280 g/mol. The molecular formula is C15H12N4O2. The van der Waals surface area contributed by atoms with Crippen molar-refractivity contribution in [2.75, 3.05) is 5.32 Å². The van der Waals surface area contributed by atoms with E-state index < -0.39 is 4.92 Å². The minimum atomic E-state index is -0.402. The highest BCUT2D eigenvalue weighted by Crippen LogP contribution is 2.20. The molecule has 0 amide bonds. The van der Waals surface area contributed by atoms with Gasteiger partial charge in [-0.1, -0.05) is 36.4 Å². The first-order valence-electron chi connectivity index (χ1n) is 6.42. The molecule has 1 heterocycles. The highest BCUT2D eigenvalue weighted by atomic mass is 16.6. The topological polar surface area (TPSA) is 81.0 Å². The maximum absolute atomic E-state index is 10.8. The Hall–Kier alpha value is -3.02. The first-order chi connectivity index (χ1) is 10.2. The van der Waals surface area contributed by atoms with Crippen molar-refractivity contribution in [1.29, 1.82) is 0 Å². The lowest BCUT2D eigenvalue weighted by Gasteiger charge is -2.07. The zero-order valence-corrected chi connectivity index (χ0v) is 11.1. The minimum Gasteiger partial charge on any atom is -0.364 e. The van der Waals surface area contributed by atoms with Crippen LogP contribution < -0.4 is 5.32 Å². The van der Waals surface area contributed by atoms with Crippen LogP contribution in [0.25, 0.3) is 10.8 Å². The molecule has 0 aliphatic carbocycles. The van der Waals surface area contributed by atoms with Crippen molar-refractivity contribution in [3.63, 3.8) is 0 Å². The molecule has 3 aromatic rings. The van der Waals surface area contributed by atoms with Crippen LogP contribution in [-0.4, -0.2) is 15.1 Å². The number of nitrogens with zero attached hydrogens (tertiary/aromatic N) is 3. The van der Waals surface area contributed by atoms with Gasteiger partial charge in [-0.3, -0.25) is 10.1 Å². The van der Waals surface area contributed by atoms with Gasteiger partial charge in [0.05, 0.1) is 11.1 Å². The number of fused-ring (bicyclic) bond motifs is 1. The number of nitro benzene ring substituents is 1. The number of anilines is 1. The van der Waals surface area contributed by atoms with Crippen LogP contribution in [0.4, 0.5) is 11.5 Å². The van der Waals surface area contributed by atoms with Crippen LogP contribution in [0, 0.1) is 10.1 Å². The van der Waals surface area contributed by atoms with E-state index in [2.05, 4.69) is 15.5 Å². The van der Waals surface area contributed by atoms with Crippen LogP contribution in [0.5, 0.6) is 0 Å². The second kappa shape index (κ2) is 5.54. The van der Waals surface area contributed by atoms with E-state index in [1.807, 2.05) is 30.3 Å². The van der Waals surface area contributed by atoms with Crippen LogP contribution in [0.2, 0.25) is 0 Å². The maximum Gasteiger partial charge on any atom is 0.269 e. The van der Waals surface area contributed by atoms with E-state index in [0.29, 0.717) is 12.4 Å². The Labute approximate surface area is 120 Å². The van der Waals surface area contributed by atoms with E-state index in [0.717, 1.165) is 16.3 Å². The molecule has 1 N–H and O–H groups in total. The number of rotatable bonds is 4. The highest BCUT2D eigenvalue weighted by molar-refractivity contribution is 5.90. The summed E-state index contributed by atoms with van der Waals surface area (Å²) in [5.41, 5.74) is 0.900. The van der Waals surface area contributed by atoms with Crippen LogP contribution in [-0.2, 0) is 6.54 Å². The van der Waals surface area contributed by atoms with Gasteiger partial charge in [0, 0.05) is 29.4 Å². The molecule has 0 spiro atoms. The largest absolute Gasteiger partial charge is 0.364 e. The summed E-state index contributed by atoms with van der Waals surface area (Å²) in [7, 11) is 0. The normalized spacial score (nSPS) is 10.5. The van der Waals surface area contributed by atoms with Crippen molar-refractivity contribution < 1.29 is 4.92 Å². The molecule has 3 rings (SSSR count). The average molecular weight is 280 g/mol. The molecule has 0 saturated heterocycles. The van der Waals surface area contributed by atoms with Crippen LogP contribution >= 0.6 is 0 Å². The summed E-state index contributed by atoms with van der Waals surface area (Å²) < 4.78 is 0. The highest BCUT2D eigenvalue weighted by Gasteiger charge is 2.07. The Morgan fingerprint density at radius 1 is 1.14 bits per heavy atom. The SMILES string of the molecule is O=[N+]([O-])c1cccc(CNc2nncc3ccccc23)c1. The Morgan fingerprint density at radius 3 is 2.86 bits per heavy atom. The first-order valence-corrected chi connectivity index (χ1v) is 6.42. The standard InChI is InChI=1S/C15H12N4O2/c20-19(21)13-6-3-4-11(8-13)9-16-15-14-7-2-1-5-12(14)10-17-18-15/h1-8,10H,9H2,(H,16,18). The first kappa shape index (κ1) is 13.0. The van der Waals surface area contributed by atoms with Gasteiger partial charge in [0.1, 0.15) is 0 Å². The molecular weight excluding hydrogens is 268 g/mol. The summed E-state index contributed by atoms with van der Waals surface area (Å²) in [4.78, 5) is 10.4. The molecule has 6 heteroatoms. The van der Waals surface area contributed by atoms with Crippen molar-refractivity contribution in [3.8, 4) is 0 Å². The van der Waals surface area contributed by atoms with E-state index in [-0.39, 0.29) is 5.69 Å². The van der Waals surface area contributed by atoms with Gasteiger partial charge in [0.25, 0.3) is 5.69 Å². The van der Waals surface area contributed by atoms with Crippen LogP contribution in [0.1, 0.15) is 5.56 Å². The number of non-ortho nitro benzene ring substituents is 1. The number of hydrogen-bond donors (Lipinski definition) is 1. The van der Waals surface area contributed by atoms with Crippen molar-refractivity contribution >= 4 is 22.3 Å². The Bertz CT molecular complexity index is 799. The maximum atomic E-state index is 10.8. The Balaban J connectivity index is 1.84. The number of hydrogen-bond acceptors (Lipinski definition) is 5. The van der Waals surface area contributed by atoms with Crippen molar-refractivity contribution in [2.24, 2.45) is 0 Å². The van der Waals surface area contributed by atoms with E-state index in [1.54, 1.807) is 18.3 Å². The van der Waals surface area contributed by atoms with E-state index in [9.17, 15) is 10.1 Å². The predicted octanol–water partition coefficient (Wildman–Crippen LogP) is 3.15. The van der Waals surface area contributed by atoms with Gasteiger partial charge in [-0.2, -0.15) is 5.10 Å². The summed E-state index contributed by atoms with van der Waals surface area (Å²) in [6.07, 6.45) is 1.70. The van der Waals surface area contributed by atoms with Gasteiger partial charge in [-0.25, -0.2) is 0 Å². The van der Waals surface area contributed by atoms with Crippen molar-refractivity contribution in [2.45, 2.75) is 6.54 Å². The minimum absolute atomic E-state index is 0.0818. The van der Waals surface area contributed by atoms with E-state index in [4.69, 9.17) is 0 Å². The summed E-state index contributed by atoms with van der Waals surface area (Å²) in [5.74, 6) is 0.666. The number of aromatic nitrogens is 2. The summed E-state index contributed by atoms with van der Waals surface area (Å²) in [5, 5.41) is 23.9. The summed E-state index contributed by atoms with van der Waals surface area (Å²) in [6, 6.07) is 14.3. The smallest absolute Gasteiger partial charge is 0.269 e. The van der Waals surface area contributed by atoms with Gasteiger partial charge >= 0.3 is 0 Å². The Morgan fingerprint density at radius 2 is 2.00 bits per heavy atom. The van der Waals surface area contributed by atoms with Crippen molar-refractivity contribution in [3.05, 3.63) is 70.4 Å². The van der Waals surface area contributed by atoms with Gasteiger partial charge in [-0.15, -0.1) is 5.10 Å². The molecule has 21 heavy (non-hydrogen) atoms. The van der Waals surface area contributed by atoms with E-state index in [1.165, 1.54) is 6.07 Å². The van der Waals surface area contributed by atoms with Gasteiger partial charge in [0.15, 0.2) is 5.82 Å². The van der Waals surface area contributed by atoms with Gasteiger partial charge in [-0.05, 0) is 5.56 Å². The fraction of sp³-hybridized carbons (Fsp3) is 0.0667. The second-order valence-corrected chi connectivity index (χ2v) is 4.56. The summed E-state index contributed by atoms with van der Waals surface area (Å²) >= 11 is 0. The Kier molecular flexibility index (Phi) is 3.42. The molecule has 104 valence electrons. The number of nitro groups is 1. The third-order valence-electron chi connectivity index (χ3n) is 3.15. The molecule has 0 fully saturated rings. The molecule has 0 aliphatic rings. The molecule has 0 unspecified atom stereocenters. The van der Waals surface area contributed by atoms with Crippen molar-refractivity contribution in [1.82, 2.24) is 10.2 Å². The molecule has 6 nitrogen and oxygen atoms in total. The third-order valence-corrected chi connectivity index (χ3v) is 3.15. The molecule has 0 radical (unpaired) electrons. The molecule has 0 aliphatic heterocycles. The fourth-order valence-electron chi connectivity index (χ4n) is 2.12.